The molecule has 0 saturated carbocycles. The molecular weight excluding hydrogens is 306 g/mol. The molecule has 2 heterocycles. The van der Waals surface area contributed by atoms with Crippen molar-refractivity contribution in [2.75, 3.05) is 19.7 Å². The van der Waals surface area contributed by atoms with E-state index < -0.39 is 5.54 Å². The van der Waals surface area contributed by atoms with Crippen molar-refractivity contribution in [3.63, 3.8) is 0 Å². The van der Waals surface area contributed by atoms with E-state index in [1.54, 1.807) is 26.0 Å². The second-order valence-electron chi connectivity index (χ2n) is 6.91. The number of pyridine rings is 1. The van der Waals surface area contributed by atoms with E-state index in [9.17, 15) is 9.59 Å². The number of hydrogen-bond donors (Lipinski definition) is 1. The normalized spacial score (nSPS) is 18.4. The number of ether oxygens (including phenoxy) is 1. The van der Waals surface area contributed by atoms with Gasteiger partial charge in [-0.2, -0.15) is 0 Å². The van der Waals surface area contributed by atoms with Gasteiger partial charge in [-0.15, -0.1) is 0 Å². The van der Waals surface area contributed by atoms with Gasteiger partial charge in [0.15, 0.2) is 0 Å². The van der Waals surface area contributed by atoms with E-state index in [0.29, 0.717) is 30.4 Å². The van der Waals surface area contributed by atoms with E-state index in [1.165, 1.54) is 25.6 Å². The fourth-order valence-corrected chi connectivity index (χ4v) is 2.76. The molecule has 6 heteroatoms. The van der Waals surface area contributed by atoms with Crippen LogP contribution in [0.25, 0.3) is 0 Å². The zero-order chi connectivity index (χ0) is 17.6. The second-order valence-corrected chi connectivity index (χ2v) is 6.91. The summed E-state index contributed by atoms with van der Waals surface area (Å²) in [6, 6.07) is 4.01. The largest absolute Gasteiger partial charge is 0.478 e. The van der Waals surface area contributed by atoms with Gasteiger partial charge in [0.1, 0.15) is 6.29 Å². The molecule has 6 nitrogen and oxygen atoms in total. The van der Waals surface area contributed by atoms with Crippen LogP contribution in [0.1, 0.15) is 50.4 Å². The predicted molar refractivity (Wildman–Crippen MR) is 92.2 cm³/mol. The van der Waals surface area contributed by atoms with E-state index in [1.807, 2.05) is 0 Å². The third-order valence-corrected chi connectivity index (χ3v) is 4.26. The van der Waals surface area contributed by atoms with Crippen LogP contribution in [0.5, 0.6) is 5.88 Å². The highest BCUT2D eigenvalue weighted by Crippen LogP contribution is 2.16. The molecule has 1 aliphatic heterocycles. The van der Waals surface area contributed by atoms with Crippen molar-refractivity contribution in [3.05, 3.63) is 23.9 Å². The van der Waals surface area contributed by atoms with Gasteiger partial charge in [0.25, 0.3) is 5.91 Å². The molecule has 1 fully saturated rings. The Bertz CT molecular complexity index is 557. The first-order valence-corrected chi connectivity index (χ1v) is 8.53. The van der Waals surface area contributed by atoms with E-state index in [4.69, 9.17) is 4.74 Å². The molecule has 1 N–H and O–H groups in total. The molecule has 1 saturated heterocycles. The van der Waals surface area contributed by atoms with Crippen molar-refractivity contribution in [1.82, 2.24) is 15.2 Å². The minimum atomic E-state index is -0.890. The summed E-state index contributed by atoms with van der Waals surface area (Å²) in [6.45, 7) is 8.39. The molecule has 1 aliphatic rings. The number of nitrogens with zero attached hydrogens (tertiary/aromatic N) is 2. The SMILES string of the molecule is CC1CCCN1CCCOc1ccc(C(=O)NC(C)(C)C=O)cn1. The predicted octanol–water partition coefficient (Wildman–Crippen LogP) is 2.04. The fraction of sp³-hybridized carbons (Fsp3) is 0.611. The topological polar surface area (TPSA) is 71.5 Å². The third-order valence-electron chi connectivity index (χ3n) is 4.26. The van der Waals surface area contributed by atoms with Gasteiger partial charge in [0, 0.05) is 24.8 Å². The second kappa shape index (κ2) is 8.24. The number of amides is 1. The summed E-state index contributed by atoms with van der Waals surface area (Å²) in [5, 5.41) is 2.64. The maximum Gasteiger partial charge on any atom is 0.253 e. The fourth-order valence-electron chi connectivity index (χ4n) is 2.76. The molecule has 0 aliphatic carbocycles. The first-order valence-electron chi connectivity index (χ1n) is 8.53. The Morgan fingerprint density at radius 1 is 1.50 bits per heavy atom. The Kier molecular flexibility index (Phi) is 6.31. The maximum absolute atomic E-state index is 12.0. The first-order chi connectivity index (χ1) is 11.4. The van der Waals surface area contributed by atoms with Crippen molar-refractivity contribution in [2.24, 2.45) is 0 Å². The van der Waals surface area contributed by atoms with Gasteiger partial charge in [0.2, 0.25) is 5.88 Å². The Hall–Kier alpha value is -1.95. The van der Waals surface area contributed by atoms with Crippen LogP contribution in [0.3, 0.4) is 0 Å². The molecule has 1 unspecified atom stereocenters. The number of hydrogen-bond acceptors (Lipinski definition) is 5. The molecule has 0 radical (unpaired) electrons. The molecule has 2 rings (SSSR count). The van der Waals surface area contributed by atoms with Gasteiger partial charge in [0.05, 0.1) is 17.7 Å². The summed E-state index contributed by atoms with van der Waals surface area (Å²) in [5.41, 5.74) is -0.484. The maximum atomic E-state index is 12.0. The van der Waals surface area contributed by atoms with Crippen molar-refractivity contribution in [1.29, 1.82) is 0 Å². The van der Waals surface area contributed by atoms with Gasteiger partial charge >= 0.3 is 0 Å². The molecule has 1 atom stereocenters. The van der Waals surface area contributed by atoms with Gasteiger partial charge in [-0.25, -0.2) is 4.98 Å². The average molecular weight is 333 g/mol. The summed E-state index contributed by atoms with van der Waals surface area (Å²) in [4.78, 5) is 29.5. The van der Waals surface area contributed by atoms with Crippen molar-refractivity contribution < 1.29 is 14.3 Å². The highest BCUT2D eigenvalue weighted by atomic mass is 16.5. The van der Waals surface area contributed by atoms with Gasteiger partial charge in [-0.05, 0) is 52.6 Å². The lowest BCUT2D eigenvalue weighted by molar-refractivity contribution is -0.112. The number of nitrogens with one attached hydrogen (secondary N) is 1. The standard InChI is InChI=1S/C18H27N3O3/c1-14-6-4-9-21(14)10-5-11-24-16-8-7-15(12-19-16)17(23)20-18(2,3)13-22/h7-8,12-14H,4-6,9-11H2,1-3H3,(H,20,23). The Balaban J connectivity index is 1.75. The first kappa shape index (κ1) is 18.4. The van der Waals surface area contributed by atoms with Gasteiger partial charge in [-0.1, -0.05) is 0 Å². The minimum Gasteiger partial charge on any atom is -0.478 e. The highest BCUT2D eigenvalue weighted by Gasteiger charge is 2.20. The van der Waals surface area contributed by atoms with E-state index >= 15 is 0 Å². The van der Waals surface area contributed by atoms with Crippen LogP contribution in [0.4, 0.5) is 0 Å². The van der Waals surface area contributed by atoms with Crippen LogP contribution in [-0.2, 0) is 4.79 Å². The van der Waals surface area contributed by atoms with Gasteiger partial charge < -0.3 is 19.7 Å². The van der Waals surface area contributed by atoms with Gasteiger partial charge in [-0.3, -0.25) is 4.79 Å². The molecule has 1 aromatic heterocycles. The third kappa shape index (κ3) is 5.30. The van der Waals surface area contributed by atoms with Crippen LogP contribution in [0, 0.1) is 0 Å². The quantitative estimate of drug-likeness (QED) is 0.582. The van der Waals surface area contributed by atoms with Crippen LogP contribution in [0.2, 0.25) is 0 Å². The van der Waals surface area contributed by atoms with Crippen LogP contribution in [-0.4, -0.2) is 53.4 Å². The molecule has 0 bridgehead atoms. The van der Waals surface area contributed by atoms with Crippen molar-refractivity contribution in [2.45, 2.75) is 51.6 Å². The summed E-state index contributed by atoms with van der Waals surface area (Å²) >= 11 is 0. The van der Waals surface area contributed by atoms with E-state index in [0.717, 1.165) is 13.0 Å². The molecular formula is C18H27N3O3. The monoisotopic (exact) mass is 333 g/mol. The molecule has 0 aromatic carbocycles. The molecule has 24 heavy (non-hydrogen) atoms. The smallest absolute Gasteiger partial charge is 0.253 e. The minimum absolute atomic E-state index is 0.325. The zero-order valence-electron chi connectivity index (χ0n) is 14.7. The Morgan fingerprint density at radius 3 is 2.88 bits per heavy atom. The lowest BCUT2D eigenvalue weighted by atomic mass is 10.1. The van der Waals surface area contributed by atoms with Crippen LogP contribution < -0.4 is 10.1 Å². The molecule has 0 spiro atoms. The summed E-state index contributed by atoms with van der Waals surface area (Å²) < 4.78 is 5.63. The summed E-state index contributed by atoms with van der Waals surface area (Å²) in [7, 11) is 0. The number of carbonyl (C=O) groups is 2. The molecule has 132 valence electrons. The number of carbonyl (C=O) groups excluding carboxylic acids is 2. The lowest BCUT2D eigenvalue weighted by Crippen LogP contribution is -2.44. The Labute approximate surface area is 143 Å². The Morgan fingerprint density at radius 2 is 2.29 bits per heavy atom. The molecule has 1 amide bonds. The number of rotatable bonds is 8. The molecule has 1 aromatic rings. The van der Waals surface area contributed by atoms with Crippen LogP contribution >= 0.6 is 0 Å². The van der Waals surface area contributed by atoms with Crippen LogP contribution in [0.15, 0.2) is 18.3 Å². The number of aldehydes is 1. The highest BCUT2D eigenvalue weighted by molar-refractivity contribution is 5.96. The number of likely N-dealkylation sites (tertiary alicyclic amines) is 1. The lowest BCUT2D eigenvalue weighted by Gasteiger charge is -2.20. The summed E-state index contributed by atoms with van der Waals surface area (Å²) in [6.07, 6.45) is 5.70. The summed E-state index contributed by atoms with van der Waals surface area (Å²) in [5.74, 6) is 0.185. The zero-order valence-corrected chi connectivity index (χ0v) is 14.7. The van der Waals surface area contributed by atoms with Crippen molar-refractivity contribution in [3.8, 4) is 5.88 Å². The number of aromatic nitrogens is 1. The van der Waals surface area contributed by atoms with E-state index in [2.05, 4.69) is 22.1 Å². The van der Waals surface area contributed by atoms with Crippen molar-refractivity contribution >= 4 is 12.2 Å². The van der Waals surface area contributed by atoms with E-state index in [-0.39, 0.29) is 5.91 Å². The average Bonchev–Trinajstić information content (AvgIpc) is 2.97.